The van der Waals surface area contributed by atoms with Crippen molar-refractivity contribution in [3.05, 3.63) is 29.8 Å². The zero-order chi connectivity index (χ0) is 14.4. The van der Waals surface area contributed by atoms with Crippen molar-refractivity contribution in [3.63, 3.8) is 0 Å². The molecule has 0 radical (unpaired) electrons. The predicted octanol–water partition coefficient (Wildman–Crippen LogP) is 3.42. The summed E-state index contributed by atoms with van der Waals surface area (Å²) in [6.45, 7) is 3.66. The second-order valence-corrected chi connectivity index (χ2v) is 5.69. The van der Waals surface area contributed by atoms with Crippen molar-refractivity contribution < 1.29 is 9.53 Å². The number of para-hydroxylation sites is 1. The molecule has 3 heteroatoms. The maximum atomic E-state index is 11.5. The molecule has 0 aromatic heterocycles. The molecule has 1 heterocycles. The molecule has 20 heavy (non-hydrogen) atoms. The highest BCUT2D eigenvalue weighted by atomic mass is 16.5. The number of ketones is 1. The van der Waals surface area contributed by atoms with Crippen LogP contribution in [-0.2, 0) is 11.3 Å². The van der Waals surface area contributed by atoms with Crippen molar-refractivity contribution in [1.29, 1.82) is 0 Å². The molecular formula is C17H25NO2. The van der Waals surface area contributed by atoms with Crippen LogP contribution in [0.5, 0.6) is 5.75 Å². The van der Waals surface area contributed by atoms with Crippen LogP contribution in [0.3, 0.4) is 0 Å². The first kappa shape index (κ1) is 15.0. The predicted molar refractivity (Wildman–Crippen MR) is 81.0 cm³/mol. The number of carbonyl (C=O) groups is 1. The third kappa shape index (κ3) is 4.07. The summed E-state index contributed by atoms with van der Waals surface area (Å²) in [5.74, 6) is 1.24. The van der Waals surface area contributed by atoms with E-state index in [-0.39, 0.29) is 0 Å². The molecule has 0 N–H and O–H groups in total. The van der Waals surface area contributed by atoms with Crippen LogP contribution >= 0.6 is 0 Å². The van der Waals surface area contributed by atoms with Gasteiger partial charge in [-0.15, -0.1) is 0 Å². The van der Waals surface area contributed by atoms with Gasteiger partial charge in [0.05, 0.1) is 7.11 Å². The molecular weight excluding hydrogens is 250 g/mol. The first-order chi connectivity index (χ1) is 9.70. The molecule has 1 aromatic rings. The molecule has 0 amide bonds. The van der Waals surface area contributed by atoms with E-state index in [9.17, 15) is 4.79 Å². The number of hydrogen-bond donors (Lipinski definition) is 0. The van der Waals surface area contributed by atoms with E-state index in [0.717, 1.165) is 25.3 Å². The van der Waals surface area contributed by atoms with Crippen LogP contribution in [-0.4, -0.2) is 30.4 Å². The summed E-state index contributed by atoms with van der Waals surface area (Å²) in [6.07, 6.45) is 5.55. The first-order valence-electron chi connectivity index (χ1n) is 7.56. The van der Waals surface area contributed by atoms with E-state index in [1.165, 1.54) is 24.8 Å². The van der Waals surface area contributed by atoms with Crippen molar-refractivity contribution in [3.8, 4) is 5.75 Å². The number of carbonyl (C=O) groups excluding carboxylic acids is 1. The minimum atomic E-state index is 0.293. The van der Waals surface area contributed by atoms with Gasteiger partial charge in [-0.05, 0) is 32.4 Å². The van der Waals surface area contributed by atoms with Gasteiger partial charge in [0, 0.05) is 24.6 Å². The summed E-state index contributed by atoms with van der Waals surface area (Å²) in [4.78, 5) is 14.0. The summed E-state index contributed by atoms with van der Waals surface area (Å²) < 4.78 is 5.44. The molecule has 0 bridgehead atoms. The van der Waals surface area contributed by atoms with Crippen molar-refractivity contribution >= 4 is 5.78 Å². The standard InChI is InChI=1S/C17H25NO2/c1-14(19)12-16-9-4-3-7-11-18(16)13-15-8-5-6-10-17(15)20-2/h5-6,8,10,16H,3-4,7,9,11-13H2,1-2H3. The molecule has 2 rings (SSSR count). The molecule has 1 atom stereocenters. The Morgan fingerprint density at radius 3 is 2.85 bits per heavy atom. The Bertz CT molecular complexity index is 444. The number of ether oxygens (including phenoxy) is 1. The van der Waals surface area contributed by atoms with Crippen molar-refractivity contribution in [2.75, 3.05) is 13.7 Å². The van der Waals surface area contributed by atoms with Gasteiger partial charge in [0.15, 0.2) is 0 Å². The topological polar surface area (TPSA) is 29.5 Å². The average molecular weight is 275 g/mol. The van der Waals surface area contributed by atoms with Crippen LogP contribution in [0.2, 0.25) is 0 Å². The fourth-order valence-corrected chi connectivity index (χ4v) is 3.06. The number of nitrogens with zero attached hydrogens (tertiary/aromatic N) is 1. The van der Waals surface area contributed by atoms with E-state index >= 15 is 0 Å². The van der Waals surface area contributed by atoms with Crippen LogP contribution < -0.4 is 4.74 Å². The number of hydrogen-bond acceptors (Lipinski definition) is 3. The van der Waals surface area contributed by atoms with Crippen LogP contribution in [0.15, 0.2) is 24.3 Å². The fraction of sp³-hybridized carbons (Fsp3) is 0.588. The number of benzene rings is 1. The van der Waals surface area contributed by atoms with Gasteiger partial charge in [-0.2, -0.15) is 0 Å². The van der Waals surface area contributed by atoms with Gasteiger partial charge in [-0.25, -0.2) is 0 Å². The van der Waals surface area contributed by atoms with Gasteiger partial charge in [0.25, 0.3) is 0 Å². The van der Waals surface area contributed by atoms with Gasteiger partial charge >= 0.3 is 0 Å². The molecule has 1 unspecified atom stereocenters. The first-order valence-corrected chi connectivity index (χ1v) is 7.56. The number of Topliss-reactive ketones (excluding diaryl/α,β-unsaturated/α-hetero) is 1. The number of rotatable bonds is 5. The summed E-state index contributed by atoms with van der Waals surface area (Å²) in [5.41, 5.74) is 1.21. The lowest BCUT2D eigenvalue weighted by Crippen LogP contribution is -2.35. The summed E-state index contributed by atoms with van der Waals surface area (Å²) in [6, 6.07) is 8.56. The third-order valence-corrected chi connectivity index (χ3v) is 4.09. The smallest absolute Gasteiger partial charge is 0.131 e. The van der Waals surface area contributed by atoms with Gasteiger partial charge in [0.2, 0.25) is 0 Å². The Balaban J connectivity index is 2.12. The minimum absolute atomic E-state index is 0.293. The van der Waals surface area contributed by atoms with E-state index in [1.807, 2.05) is 12.1 Å². The van der Waals surface area contributed by atoms with Gasteiger partial charge < -0.3 is 4.74 Å². The summed E-state index contributed by atoms with van der Waals surface area (Å²) in [7, 11) is 1.72. The van der Waals surface area contributed by atoms with Crippen molar-refractivity contribution in [1.82, 2.24) is 4.90 Å². The zero-order valence-corrected chi connectivity index (χ0v) is 12.6. The van der Waals surface area contributed by atoms with E-state index in [2.05, 4.69) is 17.0 Å². The molecule has 0 aliphatic carbocycles. The highest BCUT2D eigenvalue weighted by molar-refractivity contribution is 5.76. The van der Waals surface area contributed by atoms with E-state index in [0.29, 0.717) is 18.2 Å². The Labute approximate surface area is 121 Å². The zero-order valence-electron chi connectivity index (χ0n) is 12.6. The van der Waals surface area contributed by atoms with Gasteiger partial charge in [-0.1, -0.05) is 31.0 Å². The van der Waals surface area contributed by atoms with Crippen LogP contribution in [0.25, 0.3) is 0 Å². The van der Waals surface area contributed by atoms with Crippen LogP contribution in [0, 0.1) is 0 Å². The van der Waals surface area contributed by atoms with Gasteiger partial charge in [0.1, 0.15) is 11.5 Å². The Morgan fingerprint density at radius 1 is 1.30 bits per heavy atom. The molecule has 1 aliphatic heterocycles. The minimum Gasteiger partial charge on any atom is -0.496 e. The Kier molecular flexibility index (Phi) is 5.60. The number of methoxy groups -OCH3 is 1. The molecule has 1 aromatic carbocycles. The Hall–Kier alpha value is -1.35. The molecule has 1 saturated heterocycles. The fourth-order valence-electron chi connectivity index (χ4n) is 3.06. The van der Waals surface area contributed by atoms with E-state index in [4.69, 9.17) is 4.74 Å². The molecule has 3 nitrogen and oxygen atoms in total. The Morgan fingerprint density at radius 2 is 2.10 bits per heavy atom. The second-order valence-electron chi connectivity index (χ2n) is 5.69. The molecule has 110 valence electrons. The SMILES string of the molecule is COc1ccccc1CN1CCCCCC1CC(C)=O. The van der Waals surface area contributed by atoms with Crippen LogP contribution in [0.1, 0.15) is 44.6 Å². The summed E-state index contributed by atoms with van der Waals surface area (Å²) >= 11 is 0. The lowest BCUT2D eigenvalue weighted by molar-refractivity contribution is -0.118. The van der Waals surface area contributed by atoms with Gasteiger partial charge in [-0.3, -0.25) is 9.69 Å². The average Bonchev–Trinajstić information content (AvgIpc) is 2.65. The summed E-state index contributed by atoms with van der Waals surface area (Å²) in [5, 5.41) is 0. The van der Waals surface area contributed by atoms with Crippen molar-refractivity contribution in [2.45, 2.75) is 51.6 Å². The molecule has 1 fully saturated rings. The van der Waals surface area contributed by atoms with Crippen LogP contribution in [0.4, 0.5) is 0 Å². The maximum Gasteiger partial charge on any atom is 0.131 e. The lowest BCUT2D eigenvalue weighted by atomic mass is 10.0. The maximum absolute atomic E-state index is 11.5. The largest absolute Gasteiger partial charge is 0.496 e. The molecule has 1 aliphatic rings. The molecule has 0 spiro atoms. The van der Waals surface area contributed by atoms with E-state index in [1.54, 1.807) is 14.0 Å². The number of likely N-dealkylation sites (tertiary alicyclic amines) is 1. The van der Waals surface area contributed by atoms with E-state index < -0.39 is 0 Å². The molecule has 0 saturated carbocycles. The monoisotopic (exact) mass is 275 g/mol. The lowest BCUT2D eigenvalue weighted by Gasteiger charge is -2.29. The third-order valence-electron chi connectivity index (χ3n) is 4.09. The highest BCUT2D eigenvalue weighted by Gasteiger charge is 2.23. The second kappa shape index (κ2) is 7.44. The highest BCUT2D eigenvalue weighted by Crippen LogP contribution is 2.25. The normalized spacial score (nSPS) is 20.4. The quantitative estimate of drug-likeness (QED) is 0.824. The van der Waals surface area contributed by atoms with Crippen molar-refractivity contribution in [2.24, 2.45) is 0 Å².